The van der Waals surface area contributed by atoms with Crippen molar-refractivity contribution in [1.29, 1.82) is 0 Å². The van der Waals surface area contributed by atoms with E-state index in [1.54, 1.807) is 0 Å². The van der Waals surface area contributed by atoms with Gasteiger partial charge in [-0.15, -0.1) is 24.8 Å². The molecule has 0 bridgehead atoms. The minimum Gasteiger partial charge on any atom is -0.381 e. The predicted molar refractivity (Wildman–Crippen MR) is 96.4 cm³/mol. The maximum Gasteiger partial charge on any atom is 0.0469 e. The normalized spacial score (nSPS) is 21.5. The second-order valence-corrected chi connectivity index (χ2v) is 6.09. The fourth-order valence-electron chi connectivity index (χ4n) is 3.54. The van der Waals surface area contributed by atoms with Crippen molar-refractivity contribution in [3.63, 3.8) is 0 Å². The number of hydrogen-bond donors (Lipinski definition) is 1. The predicted octanol–water partition coefficient (Wildman–Crippen LogP) is 3.21. The van der Waals surface area contributed by atoms with Crippen LogP contribution in [0.3, 0.4) is 0 Å². The Balaban J connectivity index is 0.00000121. The third-order valence-corrected chi connectivity index (χ3v) is 4.68. The molecule has 0 unspecified atom stereocenters. The van der Waals surface area contributed by atoms with Crippen LogP contribution < -0.4 is 5.32 Å². The fraction of sp³-hybridized carbons (Fsp3) is 0.647. The average Bonchev–Trinajstić information content (AvgIpc) is 2.52. The van der Waals surface area contributed by atoms with Crippen molar-refractivity contribution >= 4 is 24.8 Å². The van der Waals surface area contributed by atoms with Gasteiger partial charge in [-0.1, -0.05) is 29.8 Å². The Labute approximate surface area is 146 Å². The maximum atomic E-state index is 5.56. The number of benzene rings is 1. The van der Waals surface area contributed by atoms with Crippen LogP contribution in [0.4, 0.5) is 0 Å². The van der Waals surface area contributed by atoms with Crippen LogP contribution in [-0.2, 0) is 4.74 Å². The van der Waals surface area contributed by atoms with Crippen LogP contribution in [0.5, 0.6) is 0 Å². The van der Waals surface area contributed by atoms with Crippen LogP contribution in [0.2, 0.25) is 0 Å². The van der Waals surface area contributed by atoms with Gasteiger partial charge in [0.15, 0.2) is 0 Å². The van der Waals surface area contributed by atoms with Crippen molar-refractivity contribution < 1.29 is 4.74 Å². The van der Waals surface area contributed by atoms with Crippen LogP contribution >= 0.6 is 24.8 Å². The Morgan fingerprint density at radius 3 is 2.23 bits per heavy atom. The lowest BCUT2D eigenvalue weighted by Crippen LogP contribution is -2.47. The highest BCUT2D eigenvalue weighted by atomic mass is 35.5. The molecule has 3 rings (SSSR count). The van der Waals surface area contributed by atoms with E-state index in [9.17, 15) is 0 Å². The SMILES string of the molecule is Cc1ccc([C@H](C2CCOCC2)N2CCNCC2)cc1.Cl.Cl. The first-order chi connectivity index (χ1) is 9.84. The van der Waals surface area contributed by atoms with Gasteiger partial charge in [0, 0.05) is 45.4 Å². The van der Waals surface area contributed by atoms with Crippen molar-refractivity contribution in [2.75, 3.05) is 39.4 Å². The van der Waals surface area contributed by atoms with Crippen molar-refractivity contribution in [2.45, 2.75) is 25.8 Å². The molecule has 0 radical (unpaired) electrons. The minimum atomic E-state index is 0. The molecular weight excluding hydrogens is 319 g/mol. The first-order valence-corrected chi connectivity index (χ1v) is 7.93. The van der Waals surface area contributed by atoms with Crippen molar-refractivity contribution in [3.05, 3.63) is 35.4 Å². The quantitative estimate of drug-likeness (QED) is 0.909. The van der Waals surface area contributed by atoms with Crippen LogP contribution in [0.1, 0.15) is 30.0 Å². The molecule has 2 fully saturated rings. The number of piperazine rings is 1. The molecule has 1 aromatic rings. The molecule has 0 spiro atoms. The van der Waals surface area contributed by atoms with E-state index in [-0.39, 0.29) is 24.8 Å². The molecule has 3 nitrogen and oxygen atoms in total. The Hall–Kier alpha value is -0.320. The number of hydrogen-bond acceptors (Lipinski definition) is 3. The van der Waals surface area contributed by atoms with Crippen LogP contribution in [-0.4, -0.2) is 44.3 Å². The number of aryl methyl sites for hydroxylation is 1. The van der Waals surface area contributed by atoms with Gasteiger partial charge in [-0.05, 0) is 31.2 Å². The maximum absolute atomic E-state index is 5.56. The van der Waals surface area contributed by atoms with E-state index in [0.29, 0.717) is 6.04 Å². The van der Waals surface area contributed by atoms with Gasteiger partial charge in [-0.3, -0.25) is 4.90 Å². The molecule has 2 aliphatic rings. The summed E-state index contributed by atoms with van der Waals surface area (Å²) < 4.78 is 5.56. The highest BCUT2D eigenvalue weighted by Gasteiger charge is 2.30. The molecule has 0 aromatic heterocycles. The fourth-order valence-corrected chi connectivity index (χ4v) is 3.54. The van der Waals surface area contributed by atoms with E-state index in [1.807, 2.05) is 0 Å². The summed E-state index contributed by atoms with van der Waals surface area (Å²) in [6.07, 6.45) is 2.39. The van der Waals surface area contributed by atoms with Gasteiger partial charge in [0.2, 0.25) is 0 Å². The van der Waals surface area contributed by atoms with Gasteiger partial charge in [0.05, 0.1) is 0 Å². The van der Waals surface area contributed by atoms with Crippen LogP contribution in [0.15, 0.2) is 24.3 Å². The second-order valence-electron chi connectivity index (χ2n) is 6.09. The van der Waals surface area contributed by atoms with E-state index in [4.69, 9.17) is 4.74 Å². The summed E-state index contributed by atoms with van der Waals surface area (Å²) in [5.74, 6) is 0.740. The first-order valence-electron chi connectivity index (χ1n) is 7.93. The third kappa shape index (κ3) is 4.84. The summed E-state index contributed by atoms with van der Waals surface area (Å²) in [6, 6.07) is 9.74. The number of rotatable bonds is 3. The van der Waals surface area contributed by atoms with Gasteiger partial charge in [0.25, 0.3) is 0 Å². The molecule has 0 aliphatic carbocycles. The summed E-state index contributed by atoms with van der Waals surface area (Å²) in [4.78, 5) is 2.68. The monoisotopic (exact) mass is 346 g/mol. The van der Waals surface area contributed by atoms with Gasteiger partial charge < -0.3 is 10.1 Å². The van der Waals surface area contributed by atoms with Crippen LogP contribution in [0.25, 0.3) is 0 Å². The second kappa shape index (κ2) is 9.74. The molecule has 0 saturated carbocycles. The van der Waals surface area contributed by atoms with Crippen molar-refractivity contribution in [2.24, 2.45) is 5.92 Å². The minimum absolute atomic E-state index is 0. The van der Waals surface area contributed by atoms with Crippen molar-refractivity contribution in [3.8, 4) is 0 Å². The van der Waals surface area contributed by atoms with Crippen molar-refractivity contribution in [1.82, 2.24) is 10.2 Å². The molecule has 2 saturated heterocycles. The number of ether oxygens (including phenoxy) is 1. The molecule has 1 atom stereocenters. The molecule has 22 heavy (non-hydrogen) atoms. The molecule has 2 aliphatic heterocycles. The summed E-state index contributed by atoms with van der Waals surface area (Å²) in [7, 11) is 0. The van der Waals surface area contributed by atoms with E-state index in [1.165, 1.54) is 24.0 Å². The molecular formula is C17H28Cl2N2O. The van der Waals surface area contributed by atoms with Gasteiger partial charge in [0.1, 0.15) is 0 Å². The standard InChI is InChI=1S/C17H26N2O.2ClH/c1-14-2-4-15(5-3-14)17(16-6-12-20-13-7-16)19-10-8-18-9-11-19;;/h2-5,16-18H,6-13H2,1H3;2*1H/t17-;;/m1../s1. The topological polar surface area (TPSA) is 24.5 Å². The lowest BCUT2D eigenvalue weighted by Gasteiger charge is -2.41. The smallest absolute Gasteiger partial charge is 0.0469 e. The van der Waals surface area contributed by atoms with Gasteiger partial charge >= 0.3 is 0 Å². The Bertz CT molecular complexity index is 397. The van der Waals surface area contributed by atoms with Crippen LogP contribution in [0, 0.1) is 12.8 Å². The molecule has 1 N–H and O–H groups in total. The molecule has 2 heterocycles. The summed E-state index contributed by atoms with van der Waals surface area (Å²) in [5.41, 5.74) is 2.84. The van der Waals surface area contributed by atoms with Gasteiger partial charge in [-0.25, -0.2) is 0 Å². The van der Waals surface area contributed by atoms with E-state index in [0.717, 1.165) is 45.3 Å². The third-order valence-electron chi connectivity index (χ3n) is 4.68. The number of halogens is 2. The Morgan fingerprint density at radius 1 is 1.05 bits per heavy atom. The molecule has 5 heteroatoms. The lowest BCUT2D eigenvalue weighted by atomic mass is 9.85. The highest BCUT2D eigenvalue weighted by Crippen LogP contribution is 2.35. The van der Waals surface area contributed by atoms with E-state index in [2.05, 4.69) is 41.4 Å². The first kappa shape index (κ1) is 19.7. The largest absolute Gasteiger partial charge is 0.381 e. The zero-order valence-corrected chi connectivity index (χ0v) is 14.9. The lowest BCUT2D eigenvalue weighted by molar-refractivity contribution is 0.0213. The average molecular weight is 347 g/mol. The zero-order valence-electron chi connectivity index (χ0n) is 13.3. The summed E-state index contributed by atoms with van der Waals surface area (Å²) in [5, 5.41) is 3.47. The summed E-state index contributed by atoms with van der Waals surface area (Å²) >= 11 is 0. The highest BCUT2D eigenvalue weighted by molar-refractivity contribution is 5.85. The molecule has 126 valence electrons. The van der Waals surface area contributed by atoms with E-state index >= 15 is 0 Å². The summed E-state index contributed by atoms with van der Waals surface area (Å²) in [6.45, 7) is 8.58. The van der Waals surface area contributed by atoms with E-state index < -0.39 is 0 Å². The Morgan fingerprint density at radius 2 is 1.64 bits per heavy atom. The molecule has 0 amide bonds. The number of nitrogens with one attached hydrogen (secondary N) is 1. The Kier molecular flexibility index (Phi) is 8.73. The molecule has 1 aromatic carbocycles. The zero-order chi connectivity index (χ0) is 13.8. The van der Waals surface area contributed by atoms with Gasteiger partial charge in [-0.2, -0.15) is 0 Å². The number of nitrogens with zero attached hydrogens (tertiary/aromatic N) is 1.